The summed E-state index contributed by atoms with van der Waals surface area (Å²) < 4.78 is 0. The van der Waals surface area contributed by atoms with Gasteiger partial charge in [-0.15, -0.1) is 0 Å². The highest BCUT2D eigenvalue weighted by Crippen LogP contribution is 2.22. The minimum Gasteiger partial charge on any atom is -0.303 e. The zero-order valence-electron chi connectivity index (χ0n) is 8.14. The summed E-state index contributed by atoms with van der Waals surface area (Å²) in [5.41, 5.74) is 0. The van der Waals surface area contributed by atoms with Crippen molar-refractivity contribution in [3.8, 4) is 0 Å². The summed E-state index contributed by atoms with van der Waals surface area (Å²) >= 11 is 0. The molecule has 0 N–H and O–H groups in total. The molecule has 0 saturated carbocycles. The lowest BCUT2D eigenvalue weighted by Gasteiger charge is -2.25. The summed E-state index contributed by atoms with van der Waals surface area (Å²) in [6.07, 6.45) is 5.56. The van der Waals surface area contributed by atoms with Crippen molar-refractivity contribution in [2.45, 2.75) is 45.6 Å². The molecular weight excluding hydrogens is 134 g/mol. The van der Waals surface area contributed by atoms with Crippen LogP contribution >= 0.6 is 0 Å². The Balaban J connectivity index is 2.45. The second kappa shape index (κ2) is 4.10. The second-order valence-corrected chi connectivity index (χ2v) is 4.03. The van der Waals surface area contributed by atoms with Gasteiger partial charge in [0.05, 0.1) is 0 Å². The van der Waals surface area contributed by atoms with Crippen LogP contribution < -0.4 is 0 Å². The van der Waals surface area contributed by atoms with Gasteiger partial charge in [0.25, 0.3) is 0 Å². The van der Waals surface area contributed by atoms with Crippen LogP contribution in [0.1, 0.15) is 39.5 Å². The van der Waals surface area contributed by atoms with Crippen molar-refractivity contribution in [1.29, 1.82) is 0 Å². The van der Waals surface area contributed by atoms with Gasteiger partial charge in [-0.25, -0.2) is 0 Å². The fraction of sp³-hybridized carbons (Fsp3) is 1.00. The molecule has 1 aliphatic heterocycles. The molecule has 1 saturated heterocycles. The fourth-order valence-corrected chi connectivity index (χ4v) is 2.11. The Kier molecular flexibility index (Phi) is 3.38. The zero-order chi connectivity index (χ0) is 8.27. The predicted octanol–water partition coefficient (Wildman–Crippen LogP) is 2.52. The first kappa shape index (κ1) is 9.05. The molecule has 0 bridgehead atoms. The van der Waals surface area contributed by atoms with Gasteiger partial charge in [0.15, 0.2) is 0 Å². The molecule has 1 rings (SSSR count). The summed E-state index contributed by atoms with van der Waals surface area (Å²) in [6.45, 7) is 6.00. The van der Waals surface area contributed by atoms with E-state index in [1.807, 2.05) is 0 Å². The largest absolute Gasteiger partial charge is 0.303 e. The van der Waals surface area contributed by atoms with E-state index in [9.17, 15) is 0 Å². The summed E-state index contributed by atoms with van der Waals surface area (Å²) in [5.74, 6) is 0.949. The predicted molar refractivity (Wildman–Crippen MR) is 49.7 cm³/mol. The van der Waals surface area contributed by atoms with Gasteiger partial charge in [0.2, 0.25) is 0 Å². The van der Waals surface area contributed by atoms with Gasteiger partial charge < -0.3 is 4.90 Å². The SMILES string of the molecule is CCC1CC(C)CCCN1C. The molecule has 11 heavy (non-hydrogen) atoms. The van der Waals surface area contributed by atoms with E-state index in [1.54, 1.807) is 0 Å². The van der Waals surface area contributed by atoms with Crippen molar-refractivity contribution < 1.29 is 0 Å². The quantitative estimate of drug-likeness (QED) is 0.562. The van der Waals surface area contributed by atoms with E-state index in [0.717, 1.165) is 12.0 Å². The monoisotopic (exact) mass is 155 g/mol. The van der Waals surface area contributed by atoms with Gasteiger partial charge in [-0.2, -0.15) is 0 Å². The van der Waals surface area contributed by atoms with Crippen LogP contribution in [0.4, 0.5) is 0 Å². The Morgan fingerprint density at radius 1 is 1.45 bits per heavy atom. The van der Waals surface area contributed by atoms with Crippen LogP contribution in [0, 0.1) is 5.92 Å². The molecule has 0 radical (unpaired) electrons. The van der Waals surface area contributed by atoms with E-state index in [1.165, 1.54) is 32.2 Å². The standard InChI is InChI=1S/C10H21N/c1-4-10-8-9(2)6-5-7-11(10)3/h9-10H,4-8H2,1-3H3. The van der Waals surface area contributed by atoms with Gasteiger partial charge in [0.1, 0.15) is 0 Å². The summed E-state index contributed by atoms with van der Waals surface area (Å²) in [7, 11) is 2.27. The minimum atomic E-state index is 0.854. The van der Waals surface area contributed by atoms with Crippen molar-refractivity contribution >= 4 is 0 Å². The van der Waals surface area contributed by atoms with Gasteiger partial charge >= 0.3 is 0 Å². The maximum atomic E-state index is 2.53. The molecular formula is C10H21N. The molecule has 0 aromatic carbocycles. The van der Waals surface area contributed by atoms with E-state index >= 15 is 0 Å². The second-order valence-electron chi connectivity index (χ2n) is 4.03. The molecule has 2 unspecified atom stereocenters. The van der Waals surface area contributed by atoms with Crippen LogP contribution in [0.5, 0.6) is 0 Å². The summed E-state index contributed by atoms with van der Waals surface area (Å²) in [4.78, 5) is 2.53. The molecule has 1 heteroatoms. The van der Waals surface area contributed by atoms with Gasteiger partial charge in [-0.3, -0.25) is 0 Å². The maximum absolute atomic E-state index is 2.53. The van der Waals surface area contributed by atoms with Crippen LogP contribution in [0.3, 0.4) is 0 Å². The highest BCUT2D eigenvalue weighted by Gasteiger charge is 2.19. The molecule has 1 heterocycles. The van der Waals surface area contributed by atoms with Crippen molar-refractivity contribution in [3.63, 3.8) is 0 Å². The fourth-order valence-electron chi connectivity index (χ4n) is 2.11. The first-order valence-electron chi connectivity index (χ1n) is 4.94. The Morgan fingerprint density at radius 2 is 2.18 bits per heavy atom. The van der Waals surface area contributed by atoms with Crippen molar-refractivity contribution in [2.24, 2.45) is 5.92 Å². The van der Waals surface area contributed by atoms with Crippen LogP contribution in [-0.4, -0.2) is 24.5 Å². The number of hydrogen-bond acceptors (Lipinski definition) is 1. The van der Waals surface area contributed by atoms with Crippen LogP contribution in [-0.2, 0) is 0 Å². The van der Waals surface area contributed by atoms with Gasteiger partial charge in [-0.1, -0.05) is 13.8 Å². The molecule has 0 aliphatic carbocycles. The minimum absolute atomic E-state index is 0.854. The van der Waals surface area contributed by atoms with E-state index in [4.69, 9.17) is 0 Å². The molecule has 0 spiro atoms. The Hall–Kier alpha value is -0.0400. The highest BCUT2D eigenvalue weighted by molar-refractivity contribution is 4.74. The van der Waals surface area contributed by atoms with E-state index < -0.39 is 0 Å². The van der Waals surface area contributed by atoms with E-state index in [-0.39, 0.29) is 0 Å². The van der Waals surface area contributed by atoms with Crippen LogP contribution in [0.15, 0.2) is 0 Å². The lowest BCUT2D eigenvalue weighted by molar-refractivity contribution is 0.232. The molecule has 1 aliphatic rings. The lowest BCUT2D eigenvalue weighted by atomic mass is 9.98. The molecule has 2 atom stereocenters. The van der Waals surface area contributed by atoms with Crippen molar-refractivity contribution in [3.05, 3.63) is 0 Å². The molecule has 0 aromatic heterocycles. The smallest absolute Gasteiger partial charge is 0.00921 e. The third-order valence-electron chi connectivity index (χ3n) is 2.98. The number of likely N-dealkylation sites (tertiary alicyclic amines) is 1. The molecule has 66 valence electrons. The van der Waals surface area contributed by atoms with Crippen molar-refractivity contribution in [2.75, 3.05) is 13.6 Å². The number of rotatable bonds is 1. The highest BCUT2D eigenvalue weighted by atomic mass is 15.1. The average molecular weight is 155 g/mol. The molecule has 1 nitrogen and oxygen atoms in total. The molecule has 1 fully saturated rings. The average Bonchev–Trinajstić information content (AvgIpc) is 2.13. The lowest BCUT2D eigenvalue weighted by Crippen LogP contribution is -2.30. The third-order valence-corrected chi connectivity index (χ3v) is 2.98. The summed E-state index contributed by atoms with van der Waals surface area (Å²) in [6, 6.07) is 0.854. The van der Waals surface area contributed by atoms with Gasteiger partial charge in [0, 0.05) is 6.04 Å². The van der Waals surface area contributed by atoms with Crippen molar-refractivity contribution in [1.82, 2.24) is 4.90 Å². The first-order valence-corrected chi connectivity index (χ1v) is 4.94. The molecule has 0 aromatic rings. The van der Waals surface area contributed by atoms with Gasteiger partial charge in [-0.05, 0) is 45.2 Å². The van der Waals surface area contributed by atoms with Crippen LogP contribution in [0.2, 0.25) is 0 Å². The van der Waals surface area contributed by atoms with E-state index in [2.05, 4.69) is 25.8 Å². The third kappa shape index (κ3) is 2.48. The summed E-state index contributed by atoms with van der Waals surface area (Å²) in [5, 5.41) is 0. The van der Waals surface area contributed by atoms with E-state index in [0.29, 0.717) is 0 Å². The number of nitrogens with zero attached hydrogens (tertiary/aromatic N) is 1. The Bertz CT molecular complexity index is 111. The topological polar surface area (TPSA) is 3.24 Å². The first-order chi connectivity index (χ1) is 5.24. The zero-order valence-corrected chi connectivity index (χ0v) is 8.14. The van der Waals surface area contributed by atoms with Crippen LogP contribution in [0.25, 0.3) is 0 Å². The normalized spacial score (nSPS) is 35.2. The number of hydrogen-bond donors (Lipinski definition) is 0. The Morgan fingerprint density at radius 3 is 2.82 bits per heavy atom. The maximum Gasteiger partial charge on any atom is 0.00921 e. The molecule has 0 amide bonds. The Labute approximate surface area is 70.8 Å².